The van der Waals surface area contributed by atoms with Crippen molar-refractivity contribution in [2.75, 3.05) is 13.1 Å². The normalized spacial score (nSPS) is 19.2. The van der Waals surface area contributed by atoms with Crippen molar-refractivity contribution in [1.82, 2.24) is 15.1 Å². The molecule has 1 N–H and O–H groups in total. The largest absolute Gasteiger partial charge is 0.467 e. The molecule has 1 unspecified atom stereocenters. The van der Waals surface area contributed by atoms with Crippen molar-refractivity contribution in [3.8, 4) is 0 Å². The predicted octanol–water partition coefficient (Wildman–Crippen LogP) is 2.95. The van der Waals surface area contributed by atoms with Crippen LogP contribution in [0.4, 0.5) is 18.0 Å². The molecule has 1 saturated heterocycles. The van der Waals surface area contributed by atoms with E-state index in [1.165, 1.54) is 25.3 Å². The number of benzene rings is 1. The van der Waals surface area contributed by atoms with E-state index in [4.69, 9.17) is 4.42 Å². The van der Waals surface area contributed by atoms with Gasteiger partial charge in [0.1, 0.15) is 24.4 Å². The third-order valence-electron chi connectivity index (χ3n) is 4.90. The number of nitrogens with zero attached hydrogens (tertiary/aromatic N) is 2. The van der Waals surface area contributed by atoms with Crippen molar-refractivity contribution in [2.45, 2.75) is 32.1 Å². The fourth-order valence-electron chi connectivity index (χ4n) is 3.43. The highest BCUT2D eigenvalue weighted by Crippen LogP contribution is 2.31. The van der Waals surface area contributed by atoms with Gasteiger partial charge >= 0.3 is 12.2 Å². The van der Waals surface area contributed by atoms with Gasteiger partial charge in [0.05, 0.1) is 12.8 Å². The Kier molecular flexibility index (Phi) is 5.60. The van der Waals surface area contributed by atoms with Crippen LogP contribution in [-0.2, 0) is 21.7 Å². The summed E-state index contributed by atoms with van der Waals surface area (Å²) >= 11 is 0. The average Bonchev–Trinajstić information content (AvgIpc) is 3.23. The summed E-state index contributed by atoms with van der Waals surface area (Å²) in [6.45, 7) is 0.469. The van der Waals surface area contributed by atoms with E-state index in [-0.39, 0.29) is 5.76 Å². The number of furan rings is 1. The van der Waals surface area contributed by atoms with Crippen LogP contribution in [0.15, 0.2) is 47.1 Å². The monoisotopic (exact) mass is 423 g/mol. The number of rotatable bonds is 6. The molecule has 2 aromatic rings. The second-order valence-electron chi connectivity index (χ2n) is 7.21. The minimum absolute atomic E-state index is 0.148. The number of halogens is 3. The molecule has 0 bridgehead atoms. The Balaban J connectivity index is 1.81. The molecule has 0 aliphatic carbocycles. The van der Waals surface area contributed by atoms with Gasteiger partial charge in [-0.1, -0.05) is 24.3 Å². The number of urea groups is 1. The second kappa shape index (κ2) is 7.85. The van der Waals surface area contributed by atoms with E-state index in [1.54, 1.807) is 31.2 Å². The van der Waals surface area contributed by atoms with Gasteiger partial charge < -0.3 is 14.6 Å². The summed E-state index contributed by atoms with van der Waals surface area (Å²) < 4.78 is 43.9. The van der Waals surface area contributed by atoms with Gasteiger partial charge in [0, 0.05) is 0 Å². The first-order chi connectivity index (χ1) is 14.0. The molecule has 10 heteroatoms. The number of alkyl halides is 3. The Morgan fingerprint density at radius 3 is 2.50 bits per heavy atom. The molecule has 0 spiro atoms. The molecule has 160 valence electrons. The number of carbonyl (C=O) groups excluding carboxylic acids is 3. The van der Waals surface area contributed by atoms with E-state index >= 15 is 0 Å². The van der Waals surface area contributed by atoms with Crippen molar-refractivity contribution in [3.05, 3.63) is 59.5 Å². The lowest BCUT2D eigenvalue weighted by Gasteiger charge is -2.26. The first kappa shape index (κ1) is 21.4. The van der Waals surface area contributed by atoms with Crippen LogP contribution < -0.4 is 5.32 Å². The minimum atomic E-state index is -4.66. The van der Waals surface area contributed by atoms with Crippen LogP contribution in [0.5, 0.6) is 0 Å². The number of imide groups is 1. The van der Waals surface area contributed by atoms with E-state index in [0.29, 0.717) is 15.4 Å². The summed E-state index contributed by atoms with van der Waals surface area (Å²) in [5, 5.41) is 2.55. The summed E-state index contributed by atoms with van der Waals surface area (Å²) in [6.07, 6.45) is -3.38. The molecule has 1 aromatic heterocycles. The van der Waals surface area contributed by atoms with Gasteiger partial charge in [0.25, 0.3) is 5.91 Å². The molecular weight excluding hydrogens is 403 g/mol. The van der Waals surface area contributed by atoms with Crippen LogP contribution in [-0.4, -0.2) is 46.9 Å². The van der Waals surface area contributed by atoms with Gasteiger partial charge in [-0.15, -0.1) is 0 Å². The van der Waals surface area contributed by atoms with Crippen molar-refractivity contribution >= 4 is 17.8 Å². The van der Waals surface area contributed by atoms with Crippen molar-refractivity contribution in [1.29, 1.82) is 0 Å². The van der Waals surface area contributed by atoms with Gasteiger partial charge in [0.15, 0.2) is 0 Å². The molecule has 7 nitrogen and oxygen atoms in total. The van der Waals surface area contributed by atoms with Crippen LogP contribution in [0.25, 0.3) is 0 Å². The molecule has 0 saturated carbocycles. The summed E-state index contributed by atoms with van der Waals surface area (Å²) in [4.78, 5) is 39.2. The maximum Gasteiger partial charge on any atom is 0.406 e. The van der Waals surface area contributed by atoms with Crippen LogP contribution >= 0.6 is 0 Å². The zero-order valence-electron chi connectivity index (χ0n) is 16.3. The standard InChI is InChI=1S/C20H20F3N3O4/c1-13-6-3-4-8-15(13)19(2)17(28)26(18(29)24-19)11-16(27)25(12-20(21,22)23)10-14-7-5-9-30-14/h3-9H,10-12H2,1-2H3,(H,24,29). The quantitative estimate of drug-likeness (QED) is 0.725. The van der Waals surface area contributed by atoms with Crippen LogP contribution in [0.2, 0.25) is 0 Å². The highest BCUT2D eigenvalue weighted by Gasteiger charge is 2.50. The third kappa shape index (κ3) is 4.32. The molecule has 1 aliphatic heterocycles. The Hall–Kier alpha value is -3.30. The number of hydrogen-bond acceptors (Lipinski definition) is 4. The number of hydrogen-bond donors (Lipinski definition) is 1. The molecule has 4 amide bonds. The van der Waals surface area contributed by atoms with E-state index in [2.05, 4.69) is 5.32 Å². The second-order valence-corrected chi connectivity index (χ2v) is 7.21. The van der Waals surface area contributed by atoms with Crippen molar-refractivity contribution in [3.63, 3.8) is 0 Å². The van der Waals surface area contributed by atoms with Crippen molar-refractivity contribution < 1.29 is 32.0 Å². The molecular formula is C20H20F3N3O4. The molecule has 2 heterocycles. The molecule has 30 heavy (non-hydrogen) atoms. The van der Waals surface area contributed by atoms with Gasteiger partial charge in [-0.05, 0) is 37.1 Å². The summed E-state index contributed by atoms with van der Waals surface area (Å²) in [6, 6.07) is 8.98. The summed E-state index contributed by atoms with van der Waals surface area (Å²) in [5.74, 6) is -1.59. The molecule has 3 rings (SSSR count). The van der Waals surface area contributed by atoms with Crippen LogP contribution in [0, 0.1) is 6.92 Å². The van der Waals surface area contributed by atoms with E-state index in [9.17, 15) is 27.6 Å². The number of amides is 4. The van der Waals surface area contributed by atoms with E-state index in [0.717, 1.165) is 5.56 Å². The Morgan fingerprint density at radius 1 is 1.20 bits per heavy atom. The first-order valence-electron chi connectivity index (χ1n) is 9.08. The fourth-order valence-corrected chi connectivity index (χ4v) is 3.43. The SMILES string of the molecule is Cc1ccccc1C1(C)NC(=O)N(CC(=O)N(Cc2ccco2)CC(F)(F)F)C1=O. The Morgan fingerprint density at radius 2 is 1.90 bits per heavy atom. The lowest BCUT2D eigenvalue weighted by Crippen LogP contribution is -2.46. The minimum Gasteiger partial charge on any atom is -0.467 e. The highest BCUT2D eigenvalue weighted by atomic mass is 19.4. The van der Waals surface area contributed by atoms with Crippen LogP contribution in [0.3, 0.4) is 0 Å². The number of carbonyl (C=O) groups is 3. The first-order valence-corrected chi connectivity index (χ1v) is 9.08. The molecule has 0 radical (unpaired) electrons. The van der Waals surface area contributed by atoms with Gasteiger partial charge in [0.2, 0.25) is 5.91 Å². The lowest BCUT2D eigenvalue weighted by atomic mass is 9.88. The average molecular weight is 423 g/mol. The van der Waals surface area contributed by atoms with E-state index < -0.39 is 49.2 Å². The zero-order valence-corrected chi connectivity index (χ0v) is 16.3. The number of nitrogens with one attached hydrogen (secondary N) is 1. The zero-order chi connectivity index (χ0) is 22.1. The van der Waals surface area contributed by atoms with Gasteiger partial charge in [-0.3, -0.25) is 14.5 Å². The number of aryl methyl sites for hydroxylation is 1. The highest BCUT2D eigenvalue weighted by molar-refractivity contribution is 6.09. The fraction of sp³-hybridized carbons (Fsp3) is 0.350. The lowest BCUT2D eigenvalue weighted by molar-refractivity contribution is -0.163. The van der Waals surface area contributed by atoms with E-state index in [1.807, 2.05) is 0 Å². The topological polar surface area (TPSA) is 82.9 Å². The molecule has 1 fully saturated rings. The van der Waals surface area contributed by atoms with Gasteiger partial charge in [-0.2, -0.15) is 13.2 Å². The maximum absolute atomic E-state index is 13.0. The third-order valence-corrected chi connectivity index (χ3v) is 4.90. The maximum atomic E-state index is 13.0. The van der Waals surface area contributed by atoms with Gasteiger partial charge in [-0.25, -0.2) is 4.79 Å². The Labute approximate surface area is 170 Å². The van der Waals surface area contributed by atoms with Crippen LogP contribution in [0.1, 0.15) is 23.8 Å². The molecule has 1 aliphatic rings. The predicted molar refractivity (Wildman–Crippen MR) is 99.0 cm³/mol. The smallest absolute Gasteiger partial charge is 0.406 e. The summed E-state index contributed by atoms with van der Waals surface area (Å²) in [7, 11) is 0. The Bertz CT molecular complexity index is 958. The summed E-state index contributed by atoms with van der Waals surface area (Å²) in [5.41, 5.74) is -0.127. The van der Waals surface area contributed by atoms with Crippen molar-refractivity contribution in [2.24, 2.45) is 0 Å². The molecule has 1 aromatic carbocycles. The molecule has 1 atom stereocenters.